The Kier molecular flexibility index (Phi) is 8.12. The standard InChI is InChI=1S/C19H17ClF3N3O2S2.BrH/c1-11(2)7-14-8-12(5-6-24-14)18-25-17(10-29-18)15-4-3-13(9-16(15)20)26-30(27,28)19(21,22)23;/h3-6,8-11,26H,7H2,1-2H3;1H. The molecular weight excluding hydrogens is 539 g/mol. The maximum absolute atomic E-state index is 12.5. The second-order valence-corrected chi connectivity index (χ2v) is 9.86. The van der Waals surface area contributed by atoms with Gasteiger partial charge in [-0.3, -0.25) is 9.71 Å². The van der Waals surface area contributed by atoms with Crippen LogP contribution in [-0.4, -0.2) is 23.9 Å². The van der Waals surface area contributed by atoms with Crippen LogP contribution in [0.1, 0.15) is 19.5 Å². The normalized spacial score (nSPS) is 12.0. The lowest BCUT2D eigenvalue weighted by Gasteiger charge is -2.11. The molecule has 0 aliphatic heterocycles. The fraction of sp³-hybridized carbons (Fsp3) is 0.263. The second-order valence-electron chi connectivity index (χ2n) is 6.92. The largest absolute Gasteiger partial charge is 0.516 e. The Bertz CT molecular complexity index is 1170. The predicted molar refractivity (Wildman–Crippen MR) is 123 cm³/mol. The third kappa shape index (κ3) is 6.18. The van der Waals surface area contributed by atoms with Crippen LogP contribution in [-0.2, 0) is 16.4 Å². The summed E-state index contributed by atoms with van der Waals surface area (Å²) in [5.74, 6) is 0.465. The Morgan fingerprint density at radius 3 is 2.52 bits per heavy atom. The Morgan fingerprint density at radius 2 is 1.90 bits per heavy atom. The van der Waals surface area contributed by atoms with Gasteiger partial charge in [0.05, 0.1) is 16.4 Å². The SMILES string of the molecule is Br.CC(C)Cc1cc(-c2nc(-c3ccc(NS(=O)(=O)C(F)(F)F)cc3Cl)cs2)ccn1. The Labute approximate surface area is 197 Å². The molecule has 0 unspecified atom stereocenters. The fourth-order valence-corrected chi connectivity index (χ4v) is 4.32. The molecule has 2 heterocycles. The van der Waals surface area contributed by atoms with E-state index in [2.05, 4.69) is 23.8 Å². The zero-order chi connectivity index (χ0) is 22.1. The zero-order valence-electron chi connectivity index (χ0n) is 16.3. The molecule has 0 saturated heterocycles. The van der Waals surface area contributed by atoms with Gasteiger partial charge in [0.1, 0.15) is 5.01 Å². The van der Waals surface area contributed by atoms with Gasteiger partial charge >= 0.3 is 15.5 Å². The maximum Gasteiger partial charge on any atom is 0.516 e. The number of hydrogen-bond acceptors (Lipinski definition) is 5. The van der Waals surface area contributed by atoms with Gasteiger partial charge in [0.15, 0.2) is 0 Å². The molecule has 5 nitrogen and oxygen atoms in total. The molecule has 0 spiro atoms. The number of sulfonamides is 1. The summed E-state index contributed by atoms with van der Waals surface area (Å²) in [5, 5.41) is 2.60. The number of benzene rings is 1. The van der Waals surface area contributed by atoms with Crippen molar-refractivity contribution in [3.63, 3.8) is 0 Å². The lowest BCUT2D eigenvalue weighted by Crippen LogP contribution is -2.29. The highest BCUT2D eigenvalue weighted by Gasteiger charge is 2.46. The third-order valence-corrected chi connectivity index (χ3v) is 6.30. The van der Waals surface area contributed by atoms with Crippen LogP contribution in [0.2, 0.25) is 5.02 Å². The average molecular weight is 557 g/mol. The van der Waals surface area contributed by atoms with Crippen LogP contribution in [0.15, 0.2) is 41.9 Å². The van der Waals surface area contributed by atoms with E-state index >= 15 is 0 Å². The molecule has 1 N–H and O–H groups in total. The van der Waals surface area contributed by atoms with Crippen molar-refractivity contribution in [2.75, 3.05) is 4.72 Å². The molecule has 1 aromatic carbocycles. The van der Waals surface area contributed by atoms with Gasteiger partial charge in [-0.15, -0.1) is 28.3 Å². The molecule has 3 aromatic rings. The Morgan fingerprint density at radius 1 is 1.19 bits per heavy atom. The highest BCUT2D eigenvalue weighted by molar-refractivity contribution is 8.93. The number of pyridine rings is 1. The Hall–Kier alpha value is -1.69. The highest BCUT2D eigenvalue weighted by atomic mass is 79.9. The topological polar surface area (TPSA) is 72.0 Å². The van der Waals surface area contributed by atoms with Crippen LogP contribution in [0, 0.1) is 5.92 Å². The number of aromatic nitrogens is 2. The van der Waals surface area contributed by atoms with E-state index < -0.39 is 15.5 Å². The van der Waals surface area contributed by atoms with Crippen LogP contribution in [0.5, 0.6) is 0 Å². The van der Waals surface area contributed by atoms with E-state index in [9.17, 15) is 21.6 Å². The molecule has 2 aromatic heterocycles. The van der Waals surface area contributed by atoms with Crippen LogP contribution in [0.25, 0.3) is 21.8 Å². The van der Waals surface area contributed by atoms with E-state index in [1.807, 2.05) is 12.1 Å². The van der Waals surface area contributed by atoms with Gasteiger partial charge < -0.3 is 0 Å². The molecule has 0 radical (unpaired) electrons. The Balaban J connectivity index is 0.00000341. The first-order valence-corrected chi connectivity index (χ1v) is 11.5. The van der Waals surface area contributed by atoms with E-state index in [1.54, 1.807) is 11.6 Å². The fourth-order valence-electron chi connectivity index (χ4n) is 2.67. The predicted octanol–water partition coefficient (Wildman–Crippen LogP) is 6.56. The molecular formula is C19H18BrClF3N3O2S2. The number of nitrogens with one attached hydrogen (secondary N) is 1. The molecule has 12 heteroatoms. The second kappa shape index (κ2) is 9.85. The van der Waals surface area contributed by atoms with E-state index in [0.717, 1.165) is 28.8 Å². The van der Waals surface area contributed by atoms with Crippen molar-refractivity contribution < 1.29 is 21.6 Å². The van der Waals surface area contributed by atoms with E-state index in [4.69, 9.17) is 11.6 Å². The average Bonchev–Trinajstić information content (AvgIpc) is 3.10. The molecule has 0 aliphatic rings. The molecule has 3 rings (SSSR count). The first-order valence-electron chi connectivity index (χ1n) is 8.76. The summed E-state index contributed by atoms with van der Waals surface area (Å²) in [6.07, 6.45) is 2.57. The lowest BCUT2D eigenvalue weighted by molar-refractivity contribution is -0.0429. The first-order chi connectivity index (χ1) is 14.0. The van der Waals surface area contributed by atoms with Crippen LogP contribution in [0.4, 0.5) is 18.9 Å². The number of alkyl halides is 3. The molecule has 31 heavy (non-hydrogen) atoms. The molecule has 0 fully saturated rings. The van der Waals surface area contributed by atoms with Crippen molar-refractivity contribution >= 4 is 55.6 Å². The molecule has 0 bridgehead atoms. The minimum atomic E-state index is -5.52. The number of rotatable bonds is 6. The van der Waals surface area contributed by atoms with Crippen molar-refractivity contribution in [1.82, 2.24) is 9.97 Å². The molecule has 0 amide bonds. The molecule has 0 aliphatic carbocycles. The van der Waals surface area contributed by atoms with Gasteiger partial charge in [-0.1, -0.05) is 25.4 Å². The quantitative estimate of drug-likeness (QED) is 0.373. The van der Waals surface area contributed by atoms with E-state index in [1.165, 1.54) is 28.2 Å². The summed E-state index contributed by atoms with van der Waals surface area (Å²) in [7, 11) is -5.52. The molecule has 0 atom stereocenters. The van der Waals surface area contributed by atoms with Crippen LogP contribution < -0.4 is 4.72 Å². The van der Waals surface area contributed by atoms with Gasteiger partial charge in [0.25, 0.3) is 0 Å². The summed E-state index contributed by atoms with van der Waals surface area (Å²) in [6.45, 7) is 4.21. The maximum atomic E-state index is 12.5. The first kappa shape index (κ1) is 25.6. The van der Waals surface area contributed by atoms with Gasteiger partial charge in [-0.05, 0) is 42.7 Å². The van der Waals surface area contributed by atoms with E-state index in [-0.39, 0.29) is 27.7 Å². The minimum absolute atomic E-state index is 0. The summed E-state index contributed by atoms with van der Waals surface area (Å²) in [4.78, 5) is 8.92. The summed E-state index contributed by atoms with van der Waals surface area (Å²) in [6, 6.07) is 7.57. The minimum Gasteiger partial charge on any atom is -0.276 e. The zero-order valence-corrected chi connectivity index (χ0v) is 20.4. The monoisotopic (exact) mass is 555 g/mol. The summed E-state index contributed by atoms with van der Waals surface area (Å²) < 4.78 is 61.6. The molecule has 0 saturated carbocycles. The van der Waals surface area contributed by atoms with Crippen molar-refractivity contribution in [3.05, 3.63) is 52.6 Å². The van der Waals surface area contributed by atoms with Crippen molar-refractivity contribution in [1.29, 1.82) is 0 Å². The van der Waals surface area contributed by atoms with Gasteiger partial charge in [0.2, 0.25) is 0 Å². The van der Waals surface area contributed by atoms with Crippen molar-refractivity contribution in [2.45, 2.75) is 25.8 Å². The number of anilines is 1. The lowest BCUT2D eigenvalue weighted by atomic mass is 10.1. The number of thiazole rings is 1. The van der Waals surface area contributed by atoms with Gasteiger partial charge in [-0.25, -0.2) is 4.98 Å². The summed E-state index contributed by atoms with van der Waals surface area (Å²) in [5.41, 5.74) is -2.83. The van der Waals surface area contributed by atoms with Crippen LogP contribution in [0.3, 0.4) is 0 Å². The van der Waals surface area contributed by atoms with Crippen molar-refractivity contribution in [3.8, 4) is 21.8 Å². The van der Waals surface area contributed by atoms with Gasteiger partial charge in [0, 0.05) is 28.4 Å². The van der Waals surface area contributed by atoms with Crippen LogP contribution >= 0.6 is 39.9 Å². The highest BCUT2D eigenvalue weighted by Crippen LogP contribution is 2.35. The number of hydrogen-bond donors (Lipinski definition) is 1. The third-order valence-electron chi connectivity index (χ3n) is 3.99. The smallest absolute Gasteiger partial charge is 0.276 e. The number of nitrogens with zero attached hydrogens (tertiary/aromatic N) is 2. The van der Waals surface area contributed by atoms with E-state index in [0.29, 0.717) is 17.2 Å². The number of halogens is 5. The van der Waals surface area contributed by atoms with Gasteiger partial charge in [-0.2, -0.15) is 21.6 Å². The molecule has 168 valence electrons. The summed E-state index contributed by atoms with van der Waals surface area (Å²) >= 11 is 7.58. The van der Waals surface area contributed by atoms with Crippen molar-refractivity contribution in [2.24, 2.45) is 5.92 Å².